The molecule has 1 saturated heterocycles. The molecule has 1 aliphatic heterocycles. The second-order valence-corrected chi connectivity index (χ2v) is 17.0. The summed E-state index contributed by atoms with van der Waals surface area (Å²) >= 11 is -0.691. The summed E-state index contributed by atoms with van der Waals surface area (Å²) < 4.78 is 1.18. The molecule has 1 fully saturated rings. The van der Waals surface area contributed by atoms with E-state index in [0.29, 0.717) is 3.12 Å². The van der Waals surface area contributed by atoms with Gasteiger partial charge in [0.2, 0.25) is 0 Å². The first-order valence-electron chi connectivity index (χ1n) is 8.85. The minimum absolute atomic E-state index is 0. The van der Waals surface area contributed by atoms with Crippen molar-refractivity contribution >= 4 is 19.7 Å². The third kappa shape index (κ3) is 1.72. The Bertz CT molecular complexity index is 960. The van der Waals surface area contributed by atoms with Gasteiger partial charge in [-0.2, -0.15) is 0 Å². The molecule has 0 saturated carbocycles. The van der Waals surface area contributed by atoms with Gasteiger partial charge < -0.3 is 2.85 Å². The molecule has 5 rings (SSSR count). The average Bonchev–Trinajstić information content (AvgIpc) is 3.04. The van der Waals surface area contributed by atoms with Gasteiger partial charge >= 0.3 is 158 Å². The third-order valence-corrected chi connectivity index (χ3v) is 16.7. The topological polar surface area (TPSA) is 0 Å². The molecule has 120 valence electrons. The van der Waals surface area contributed by atoms with Gasteiger partial charge in [0.05, 0.1) is 0 Å². The van der Waals surface area contributed by atoms with Crippen LogP contribution in [0.15, 0.2) is 58.9 Å². The Balaban J connectivity index is 0.000000980. The van der Waals surface area contributed by atoms with E-state index in [1.165, 1.54) is 5.56 Å². The summed E-state index contributed by atoms with van der Waals surface area (Å²) in [7, 11) is -1.60. The maximum absolute atomic E-state index is 2.61. The molecule has 0 radical (unpaired) electrons. The number of rotatable bonds is 0. The minimum atomic E-state index is -1.60. The van der Waals surface area contributed by atoms with Gasteiger partial charge in [-0.15, -0.1) is 0 Å². The van der Waals surface area contributed by atoms with Gasteiger partial charge in [0, 0.05) is 0 Å². The summed E-state index contributed by atoms with van der Waals surface area (Å²) in [5.74, 6) is 0. The molecule has 3 aliphatic rings. The van der Waals surface area contributed by atoms with E-state index in [-0.39, 0.29) is 2.85 Å². The van der Waals surface area contributed by atoms with E-state index in [0.717, 1.165) is 3.63 Å². The van der Waals surface area contributed by atoms with E-state index in [4.69, 9.17) is 0 Å². The van der Waals surface area contributed by atoms with Crippen LogP contribution < -0.4 is 0 Å². The molecule has 0 nitrogen and oxygen atoms in total. The summed E-state index contributed by atoms with van der Waals surface area (Å²) in [5.41, 5.74) is 7.95. The molecule has 1 heterocycles. The number of benzene rings is 2. The van der Waals surface area contributed by atoms with E-state index in [9.17, 15) is 0 Å². The molecule has 2 aromatic carbocycles. The smallest absolute Gasteiger partial charge is 1.00 e. The second-order valence-electron chi connectivity index (χ2n) is 8.10. The van der Waals surface area contributed by atoms with Crippen molar-refractivity contribution in [1.82, 2.24) is 0 Å². The zero-order valence-electron chi connectivity index (χ0n) is 16.8. The molecule has 2 heteroatoms. The Hall–Kier alpha value is -0.980. The molecule has 0 amide bonds. The van der Waals surface area contributed by atoms with Gasteiger partial charge in [-0.05, 0) is 0 Å². The van der Waals surface area contributed by atoms with Gasteiger partial charge in [-0.25, -0.2) is 0 Å². The Kier molecular flexibility index (Phi) is 3.06. The minimum Gasteiger partial charge on any atom is -1.00 e. The van der Waals surface area contributed by atoms with Crippen LogP contribution in [0.4, 0.5) is 0 Å². The van der Waals surface area contributed by atoms with Crippen molar-refractivity contribution in [3.8, 4) is 0 Å². The first-order chi connectivity index (χ1) is 11.4. The maximum atomic E-state index is 2.61. The first-order valence-corrected chi connectivity index (χ1v) is 14.5. The van der Waals surface area contributed by atoms with Gasteiger partial charge in [0.1, 0.15) is 0 Å². The van der Waals surface area contributed by atoms with Crippen LogP contribution in [-0.4, -0.2) is 8.07 Å². The van der Waals surface area contributed by atoms with Crippen LogP contribution in [0.3, 0.4) is 0 Å². The first kappa shape index (κ1) is 15.3. The van der Waals surface area contributed by atoms with Crippen LogP contribution in [-0.2, 0) is 26.4 Å². The van der Waals surface area contributed by atoms with Crippen molar-refractivity contribution in [3.05, 3.63) is 81.2 Å². The van der Waals surface area contributed by atoms with Crippen molar-refractivity contribution < 1.29 is 26.1 Å². The van der Waals surface area contributed by atoms with Crippen molar-refractivity contribution in [2.75, 3.05) is 0 Å². The average molecular weight is 408 g/mol. The Morgan fingerprint density at radius 2 is 1.75 bits per heavy atom. The van der Waals surface area contributed by atoms with Gasteiger partial charge in [0.15, 0.2) is 0 Å². The zero-order chi connectivity index (χ0) is 16.7. The summed E-state index contributed by atoms with van der Waals surface area (Å²) in [6.45, 7) is 10.2. The fraction of sp³-hybridized carbons (Fsp3) is 0.273. The van der Waals surface area contributed by atoms with Crippen LogP contribution in [0.25, 0.3) is 11.6 Å². The van der Waals surface area contributed by atoms with Crippen LogP contribution in [0.1, 0.15) is 42.6 Å². The third-order valence-electron chi connectivity index (χ3n) is 6.45. The molecular weight excluding hydrogens is 384 g/mol. The number of fused-ring (bicyclic) bond motifs is 6. The summed E-state index contributed by atoms with van der Waals surface area (Å²) in [4.78, 5) is 0. The van der Waals surface area contributed by atoms with Crippen molar-refractivity contribution in [2.45, 2.75) is 33.7 Å². The Labute approximate surface area is 160 Å². The number of allylic oxidation sites excluding steroid dienone is 3. The van der Waals surface area contributed by atoms with Gasteiger partial charge in [0.25, 0.3) is 0 Å². The van der Waals surface area contributed by atoms with E-state index in [1.807, 2.05) is 10.4 Å². The van der Waals surface area contributed by atoms with Gasteiger partial charge in [-0.1, -0.05) is 0 Å². The van der Waals surface area contributed by atoms with Crippen LogP contribution in [0.5, 0.6) is 0 Å². The SMILES string of the molecule is CC1=C2[C](C)([Zr+2][CH]3C(=Cc4ccccc43)[Si]2(C)C)c2ccccc21.[H-].[H-]. The van der Waals surface area contributed by atoms with E-state index < -0.39 is 31.3 Å². The van der Waals surface area contributed by atoms with Gasteiger partial charge in [-0.3, -0.25) is 0 Å². The van der Waals surface area contributed by atoms with Crippen molar-refractivity contribution in [2.24, 2.45) is 0 Å². The van der Waals surface area contributed by atoms with E-state index >= 15 is 0 Å². The normalized spacial score (nSPS) is 28.2. The molecule has 0 aromatic heterocycles. The number of hydrogen-bond acceptors (Lipinski definition) is 0. The summed E-state index contributed by atoms with van der Waals surface area (Å²) in [5, 5.41) is 3.69. The fourth-order valence-corrected chi connectivity index (χ4v) is 20.3. The molecule has 2 unspecified atom stereocenters. The summed E-state index contributed by atoms with van der Waals surface area (Å²) in [6.07, 6.45) is 2.58. The molecule has 0 N–H and O–H groups in total. The van der Waals surface area contributed by atoms with Crippen LogP contribution in [0.2, 0.25) is 13.1 Å². The Morgan fingerprint density at radius 1 is 1.04 bits per heavy atom. The standard InChI is InChI=1S/C22H22Si.Zr.2H/c1-15-20-11-7-8-12-21(20)16(2)22(15)23(3,4)19-13-17-9-5-6-10-18(17)14-19;;;/h5-14H,1-4H3;;;/q;+2;2*-1. The Morgan fingerprint density at radius 3 is 2.58 bits per heavy atom. The molecule has 0 bridgehead atoms. The van der Waals surface area contributed by atoms with Crippen molar-refractivity contribution in [1.29, 1.82) is 0 Å². The van der Waals surface area contributed by atoms with E-state index in [1.54, 1.807) is 22.3 Å². The molecule has 2 aliphatic carbocycles. The predicted molar refractivity (Wildman–Crippen MR) is 103 cm³/mol. The monoisotopic (exact) mass is 406 g/mol. The van der Waals surface area contributed by atoms with Crippen LogP contribution >= 0.6 is 0 Å². The van der Waals surface area contributed by atoms with E-state index in [2.05, 4.69) is 81.5 Å². The largest absolute Gasteiger partial charge is 1.00 e. The molecule has 24 heavy (non-hydrogen) atoms. The molecule has 2 aromatic rings. The number of hydrogen-bond donors (Lipinski definition) is 0. The zero-order valence-corrected chi connectivity index (χ0v) is 18.2. The fourth-order valence-electron chi connectivity index (χ4n) is 5.59. The van der Waals surface area contributed by atoms with Crippen molar-refractivity contribution in [3.63, 3.8) is 0 Å². The van der Waals surface area contributed by atoms with Crippen LogP contribution in [0, 0.1) is 0 Å². The molecule has 0 spiro atoms. The second kappa shape index (κ2) is 4.80. The molecule has 2 atom stereocenters. The summed E-state index contributed by atoms with van der Waals surface area (Å²) in [6, 6.07) is 18.4. The quantitative estimate of drug-likeness (QED) is 0.474. The molecular formula is C22H24SiZr. The predicted octanol–water partition coefficient (Wildman–Crippen LogP) is 5.94. The maximum Gasteiger partial charge on any atom is -1.00 e.